The maximum atomic E-state index is 12.4. The van der Waals surface area contributed by atoms with Crippen molar-refractivity contribution in [3.63, 3.8) is 0 Å². The Labute approximate surface area is 150 Å². The molecule has 1 aliphatic heterocycles. The lowest BCUT2D eigenvalue weighted by Gasteiger charge is -2.30. The minimum absolute atomic E-state index is 0.0146. The summed E-state index contributed by atoms with van der Waals surface area (Å²) in [6.07, 6.45) is 1.44. The Kier molecular flexibility index (Phi) is 5.38. The van der Waals surface area contributed by atoms with Crippen LogP contribution in [0.2, 0.25) is 5.02 Å². The van der Waals surface area contributed by atoms with Crippen molar-refractivity contribution in [1.82, 2.24) is 10.1 Å². The number of esters is 1. The second-order valence-electron chi connectivity index (χ2n) is 6.04. The van der Waals surface area contributed by atoms with Gasteiger partial charge < -0.3 is 14.2 Å². The second kappa shape index (κ2) is 7.70. The van der Waals surface area contributed by atoms with Crippen LogP contribution in [0.5, 0.6) is 0 Å². The van der Waals surface area contributed by atoms with Crippen LogP contribution < -0.4 is 0 Å². The molecule has 0 radical (unpaired) electrons. The van der Waals surface area contributed by atoms with Crippen molar-refractivity contribution in [1.29, 1.82) is 0 Å². The summed E-state index contributed by atoms with van der Waals surface area (Å²) in [5.41, 5.74) is 1.44. The summed E-state index contributed by atoms with van der Waals surface area (Å²) >= 11 is 5.87. The average molecular weight is 363 g/mol. The van der Waals surface area contributed by atoms with Gasteiger partial charge in [-0.25, -0.2) is 0 Å². The largest absolute Gasteiger partial charge is 0.469 e. The number of aromatic nitrogens is 1. The maximum absolute atomic E-state index is 12.4. The van der Waals surface area contributed by atoms with E-state index in [1.165, 1.54) is 7.11 Å². The van der Waals surface area contributed by atoms with Gasteiger partial charge >= 0.3 is 5.97 Å². The fraction of sp³-hybridized carbons (Fsp3) is 0.389. The molecular formula is C18H19ClN2O4. The zero-order valence-corrected chi connectivity index (χ0v) is 14.7. The van der Waals surface area contributed by atoms with Crippen molar-refractivity contribution in [3.8, 4) is 11.3 Å². The first-order chi connectivity index (χ1) is 12.1. The molecule has 1 fully saturated rings. The Hall–Kier alpha value is -2.34. The number of carbonyl (C=O) groups is 2. The summed E-state index contributed by atoms with van der Waals surface area (Å²) in [4.78, 5) is 25.7. The fourth-order valence-corrected chi connectivity index (χ4v) is 3.07. The third kappa shape index (κ3) is 4.20. The van der Waals surface area contributed by atoms with Crippen molar-refractivity contribution >= 4 is 23.5 Å². The number of piperidine rings is 1. The number of halogens is 1. The third-order valence-electron chi connectivity index (χ3n) is 4.40. The van der Waals surface area contributed by atoms with Gasteiger partial charge in [0.25, 0.3) is 0 Å². The van der Waals surface area contributed by atoms with Crippen LogP contribution in [0, 0.1) is 5.92 Å². The summed E-state index contributed by atoms with van der Waals surface area (Å²) in [5, 5.41) is 4.62. The van der Waals surface area contributed by atoms with Gasteiger partial charge in [-0.15, -0.1) is 0 Å². The van der Waals surface area contributed by atoms with Crippen molar-refractivity contribution < 1.29 is 18.8 Å². The molecule has 7 heteroatoms. The summed E-state index contributed by atoms with van der Waals surface area (Å²) in [7, 11) is 1.39. The number of ether oxygens (including phenoxy) is 1. The van der Waals surface area contributed by atoms with Gasteiger partial charge in [0.15, 0.2) is 5.76 Å². The highest BCUT2D eigenvalue weighted by molar-refractivity contribution is 6.30. The molecule has 3 rings (SSSR count). The first-order valence-corrected chi connectivity index (χ1v) is 8.51. The molecule has 1 saturated heterocycles. The van der Waals surface area contributed by atoms with Crippen LogP contribution in [-0.2, 0) is 20.7 Å². The third-order valence-corrected chi connectivity index (χ3v) is 4.65. The lowest BCUT2D eigenvalue weighted by Crippen LogP contribution is -2.41. The molecule has 25 heavy (non-hydrogen) atoms. The molecule has 0 saturated carbocycles. The molecular weight excluding hydrogens is 344 g/mol. The number of methoxy groups -OCH3 is 1. The molecule has 0 N–H and O–H groups in total. The van der Waals surface area contributed by atoms with Gasteiger partial charge in [-0.1, -0.05) is 16.8 Å². The van der Waals surface area contributed by atoms with Crippen LogP contribution in [0.3, 0.4) is 0 Å². The standard InChI is InChI=1S/C18H19ClN2O4/c1-24-18(23)13-6-8-21(9-7-13)17(22)11-15-10-16(25-20-15)12-2-4-14(19)5-3-12/h2-5,10,13H,6-9,11H2,1H3. The topological polar surface area (TPSA) is 72.6 Å². The van der Waals surface area contributed by atoms with Gasteiger partial charge in [0.05, 0.1) is 25.1 Å². The van der Waals surface area contributed by atoms with Crippen molar-refractivity contribution in [2.45, 2.75) is 19.3 Å². The minimum Gasteiger partial charge on any atom is -0.469 e. The molecule has 132 valence electrons. The molecule has 2 heterocycles. The number of carbonyl (C=O) groups excluding carboxylic acids is 2. The SMILES string of the molecule is COC(=O)C1CCN(C(=O)Cc2cc(-c3ccc(Cl)cc3)on2)CC1. The Bertz CT molecular complexity index is 749. The lowest BCUT2D eigenvalue weighted by atomic mass is 9.97. The fourth-order valence-electron chi connectivity index (χ4n) is 2.94. The van der Waals surface area contributed by atoms with E-state index in [9.17, 15) is 9.59 Å². The van der Waals surface area contributed by atoms with Crippen LogP contribution in [0.25, 0.3) is 11.3 Å². The van der Waals surface area contributed by atoms with Gasteiger partial charge in [-0.05, 0) is 37.1 Å². The van der Waals surface area contributed by atoms with Gasteiger partial charge in [-0.3, -0.25) is 9.59 Å². The molecule has 2 aromatic rings. The summed E-state index contributed by atoms with van der Waals surface area (Å²) in [6, 6.07) is 8.99. The molecule has 1 aliphatic rings. The zero-order valence-electron chi connectivity index (χ0n) is 13.9. The van der Waals surface area contributed by atoms with Gasteiger partial charge in [-0.2, -0.15) is 0 Å². The number of nitrogens with zero attached hydrogens (tertiary/aromatic N) is 2. The van der Waals surface area contributed by atoms with Crippen molar-refractivity contribution in [2.24, 2.45) is 5.92 Å². The van der Waals surface area contributed by atoms with Gasteiger partial charge in [0.2, 0.25) is 5.91 Å². The van der Waals surface area contributed by atoms with E-state index in [2.05, 4.69) is 5.16 Å². The van der Waals surface area contributed by atoms with Crippen molar-refractivity contribution in [2.75, 3.05) is 20.2 Å². The number of hydrogen-bond donors (Lipinski definition) is 0. The highest BCUT2D eigenvalue weighted by atomic mass is 35.5. The van der Waals surface area contributed by atoms with Gasteiger partial charge in [0, 0.05) is 29.7 Å². The van der Waals surface area contributed by atoms with Crippen LogP contribution >= 0.6 is 11.6 Å². The van der Waals surface area contributed by atoms with E-state index in [4.69, 9.17) is 20.9 Å². The Morgan fingerprint density at radius 3 is 2.60 bits per heavy atom. The highest BCUT2D eigenvalue weighted by Gasteiger charge is 2.28. The monoisotopic (exact) mass is 362 g/mol. The van der Waals surface area contributed by atoms with Crippen LogP contribution in [0.1, 0.15) is 18.5 Å². The number of rotatable bonds is 4. The number of amides is 1. The first kappa shape index (κ1) is 17.5. The van der Waals surface area contributed by atoms with Crippen LogP contribution in [0.15, 0.2) is 34.9 Å². The summed E-state index contributed by atoms with van der Waals surface area (Å²) < 4.78 is 10.1. The molecule has 0 spiro atoms. The molecule has 1 aromatic heterocycles. The quantitative estimate of drug-likeness (QED) is 0.782. The Morgan fingerprint density at radius 2 is 1.96 bits per heavy atom. The van der Waals surface area contributed by atoms with E-state index in [1.54, 1.807) is 23.1 Å². The molecule has 0 atom stereocenters. The molecule has 1 aromatic carbocycles. The average Bonchev–Trinajstić information content (AvgIpc) is 3.10. The summed E-state index contributed by atoms with van der Waals surface area (Å²) in [5.74, 6) is 0.275. The van der Waals surface area contributed by atoms with E-state index in [1.807, 2.05) is 12.1 Å². The number of benzene rings is 1. The number of likely N-dealkylation sites (tertiary alicyclic amines) is 1. The molecule has 0 aliphatic carbocycles. The molecule has 0 bridgehead atoms. The van der Waals surface area contributed by atoms with E-state index in [-0.39, 0.29) is 24.2 Å². The van der Waals surface area contributed by atoms with Crippen LogP contribution in [0.4, 0.5) is 0 Å². The Balaban J connectivity index is 1.57. The molecule has 1 amide bonds. The molecule has 6 nitrogen and oxygen atoms in total. The van der Waals surface area contributed by atoms with Crippen molar-refractivity contribution in [3.05, 3.63) is 41.0 Å². The van der Waals surface area contributed by atoms with E-state index in [0.29, 0.717) is 42.4 Å². The predicted molar refractivity (Wildman–Crippen MR) is 92.0 cm³/mol. The van der Waals surface area contributed by atoms with Gasteiger partial charge in [0.1, 0.15) is 0 Å². The normalized spacial score (nSPS) is 15.2. The zero-order chi connectivity index (χ0) is 17.8. The van der Waals surface area contributed by atoms with E-state index < -0.39 is 0 Å². The predicted octanol–water partition coefficient (Wildman–Crippen LogP) is 2.95. The lowest BCUT2D eigenvalue weighted by molar-refractivity contribution is -0.148. The second-order valence-corrected chi connectivity index (χ2v) is 6.48. The first-order valence-electron chi connectivity index (χ1n) is 8.14. The molecule has 0 unspecified atom stereocenters. The smallest absolute Gasteiger partial charge is 0.308 e. The minimum atomic E-state index is -0.198. The number of hydrogen-bond acceptors (Lipinski definition) is 5. The Morgan fingerprint density at radius 1 is 1.28 bits per heavy atom. The van der Waals surface area contributed by atoms with E-state index in [0.717, 1.165) is 5.56 Å². The van der Waals surface area contributed by atoms with E-state index >= 15 is 0 Å². The van der Waals surface area contributed by atoms with Crippen LogP contribution in [-0.4, -0.2) is 42.1 Å². The maximum Gasteiger partial charge on any atom is 0.308 e. The highest BCUT2D eigenvalue weighted by Crippen LogP contribution is 2.23. The summed E-state index contributed by atoms with van der Waals surface area (Å²) in [6.45, 7) is 1.11.